The molecular weight excluding hydrogens is 332 g/mol. The third kappa shape index (κ3) is 2.97. The third-order valence-corrected chi connectivity index (χ3v) is 4.30. The lowest BCUT2D eigenvalue weighted by Crippen LogP contribution is -2.40. The summed E-state index contributed by atoms with van der Waals surface area (Å²) < 4.78 is 13.6. The third-order valence-electron chi connectivity index (χ3n) is 3.41. The van der Waals surface area contributed by atoms with Crippen molar-refractivity contribution in [2.45, 2.75) is 26.2 Å². The second-order valence-corrected chi connectivity index (χ2v) is 6.13. The number of carbonyl (C=O) groups excluding carboxylic acids is 1. The van der Waals surface area contributed by atoms with E-state index in [4.69, 9.17) is 0 Å². The molecular formula is C13H15FINO. The fraction of sp³-hybridized carbons (Fsp3) is 0.462. The van der Waals surface area contributed by atoms with Crippen molar-refractivity contribution >= 4 is 28.5 Å². The molecule has 0 spiro atoms. The number of rotatable bonds is 3. The maximum absolute atomic E-state index is 12.9. The highest BCUT2D eigenvalue weighted by molar-refractivity contribution is 14.1. The maximum atomic E-state index is 12.9. The minimum Gasteiger partial charge on any atom is -0.351 e. The van der Waals surface area contributed by atoms with E-state index < -0.39 is 0 Å². The molecule has 2 rings (SSSR count). The first-order chi connectivity index (χ1) is 8.00. The Balaban J connectivity index is 1.99. The van der Waals surface area contributed by atoms with Crippen LogP contribution in [0.4, 0.5) is 4.39 Å². The van der Waals surface area contributed by atoms with Gasteiger partial charge >= 0.3 is 0 Å². The van der Waals surface area contributed by atoms with Crippen LogP contribution in [0, 0.1) is 14.8 Å². The van der Waals surface area contributed by atoms with Crippen molar-refractivity contribution < 1.29 is 9.18 Å². The molecule has 1 aromatic rings. The highest BCUT2D eigenvalue weighted by Gasteiger charge is 2.32. The molecule has 0 heterocycles. The number of hydrogen-bond donors (Lipinski definition) is 1. The minimum absolute atomic E-state index is 0.109. The molecule has 2 nitrogen and oxygen atoms in total. The van der Waals surface area contributed by atoms with Crippen LogP contribution < -0.4 is 5.32 Å². The van der Waals surface area contributed by atoms with E-state index >= 15 is 0 Å². The van der Waals surface area contributed by atoms with E-state index in [1.807, 2.05) is 22.6 Å². The van der Waals surface area contributed by atoms with Crippen molar-refractivity contribution in [2.24, 2.45) is 5.41 Å². The molecule has 1 aromatic carbocycles. The van der Waals surface area contributed by atoms with Crippen molar-refractivity contribution in [1.29, 1.82) is 0 Å². The number of nitrogens with one attached hydrogen (secondary N) is 1. The van der Waals surface area contributed by atoms with Crippen LogP contribution in [0.2, 0.25) is 0 Å². The SMILES string of the molecule is CC1(CNC(=O)c2ccc(F)cc2I)CCC1. The molecule has 0 saturated heterocycles. The summed E-state index contributed by atoms with van der Waals surface area (Å²) in [6.45, 7) is 2.89. The summed E-state index contributed by atoms with van der Waals surface area (Å²) in [5.41, 5.74) is 0.816. The average molecular weight is 347 g/mol. The van der Waals surface area contributed by atoms with Gasteiger partial charge in [0.15, 0.2) is 0 Å². The Kier molecular flexibility index (Phi) is 3.70. The summed E-state index contributed by atoms with van der Waals surface area (Å²) in [5.74, 6) is -0.417. The molecule has 0 aliphatic heterocycles. The number of carbonyl (C=O) groups is 1. The molecule has 4 heteroatoms. The summed E-state index contributed by atoms with van der Waals surface area (Å²) in [4.78, 5) is 11.9. The van der Waals surface area contributed by atoms with E-state index in [0.29, 0.717) is 15.7 Å². The van der Waals surface area contributed by atoms with Gasteiger partial charge in [-0.1, -0.05) is 13.3 Å². The van der Waals surface area contributed by atoms with Crippen molar-refractivity contribution in [3.05, 3.63) is 33.1 Å². The molecule has 0 unspecified atom stereocenters. The zero-order valence-corrected chi connectivity index (χ0v) is 11.9. The lowest BCUT2D eigenvalue weighted by molar-refractivity contribution is 0.0890. The first kappa shape index (κ1) is 12.8. The normalized spacial score (nSPS) is 17.4. The highest BCUT2D eigenvalue weighted by Crippen LogP contribution is 2.39. The van der Waals surface area contributed by atoms with Gasteiger partial charge in [0.2, 0.25) is 0 Å². The van der Waals surface area contributed by atoms with E-state index in [1.165, 1.54) is 37.5 Å². The molecule has 1 fully saturated rings. The second-order valence-electron chi connectivity index (χ2n) is 4.97. The Bertz CT molecular complexity index is 443. The van der Waals surface area contributed by atoms with E-state index in [2.05, 4.69) is 12.2 Å². The van der Waals surface area contributed by atoms with Gasteiger partial charge < -0.3 is 5.32 Å². The molecule has 0 atom stereocenters. The van der Waals surface area contributed by atoms with E-state index in [0.717, 1.165) is 0 Å². The fourth-order valence-corrected chi connectivity index (χ4v) is 2.74. The van der Waals surface area contributed by atoms with Crippen LogP contribution in [-0.4, -0.2) is 12.5 Å². The van der Waals surface area contributed by atoms with Crippen LogP contribution in [0.25, 0.3) is 0 Å². The molecule has 0 bridgehead atoms. The van der Waals surface area contributed by atoms with Gasteiger partial charge in [0.05, 0.1) is 5.56 Å². The standard InChI is InChI=1S/C13H15FINO/c1-13(5-2-6-13)8-16-12(17)10-4-3-9(14)7-11(10)15/h3-4,7H,2,5-6,8H2,1H3,(H,16,17). The van der Waals surface area contributed by atoms with Crippen molar-refractivity contribution in [3.8, 4) is 0 Å². The van der Waals surface area contributed by atoms with Crippen LogP contribution in [0.15, 0.2) is 18.2 Å². The number of benzene rings is 1. The first-order valence-corrected chi connectivity index (χ1v) is 6.81. The van der Waals surface area contributed by atoms with Crippen LogP contribution in [-0.2, 0) is 0 Å². The average Bonchev–Trinajstić information content (AvgIpc) is 2.23. The molecule has 1 amide bonds. The number of halogens is 2. The van der Waals surface area contributed by atoms with Gasteiger partial charge in [-0.05, 0) is 59.0 Å². The monoisotopic (exact) mass is 347 g/mol. The largest absolute Gasteiger partial charge is 0.351 e. The van der Waals surface area contributed by atoms with Crippen molar-refractivity contribution in [2.75, 3.05) is 6.54 Å². The van der Waals surface area contributed by atoms with Crippen molar-refractivity contribution in [3.63, 3.8) is 0 Å². The van der Waals surface area contributed by atoms with Crippen molar-refractivity contribution in [1.82, 2.24) is 5.32 Å². The Hall–Kier alpha value is -0.650. The summed E-state index contributed by atoms with van der Waals surface area (Å²) in [6.07, 6.45) is 3.60. The number of amides is 1. The molecule has 1 saturated carbocycles. The molecule has 0 radical (unpaired) electrons. The Morgan fingerprint density at radius 2 is 2.24 bits per heavy atom. The van der Waals surface area contributed by atoms with Gasteiger partial charge in [-0.2, -0.15) is 0 Å². The second kappa shape index (κ2) is 4.92. The van der Waals surface area contributed by atoms with E-state index in [9.17, 15) is 9.18 Å². The van der Waals surface area contributed by atoms with Crippen LogP contribution in [0.3, 0.4) is 0 Å². The Morgan fingerprint density at radius 1 is 1.53 bits per heavy atom. The molecule has 0 aromatic heterocycles. The number of hydrogen-bond acceptors (Lipinski definition) is 1. The van der Waals surface area contributed by atoms with Gasteiger partial charge in [-0.15, -0.1) is 0 Å². The molecule has 17 heavy (non-hydrogen) atoms. The van der Waals surface area contributed by atoms with Gasteiger partial charge in [0.1, 0.15) is 5.82 Å². The van der Waals surface area contributed by atoms with Gasteiger partial charge in [0, 0.05) is 10.1 Å². The smallest absolute Gasteiger partial charge is 0.252 e. The predicted molar refractivity (Wildman–Crippen MR) is 73.4 cm³/mol. The van der Waals surface area contributed by atoms with E-state index in [-0.39, 0.29) is 17.1 Å². The molecule has 92 valence electrons. The lowest BCUT2D eigenvalue weighted by atomic mass is 9.70. The summed E-state index contributed by atoms with van der Waals surface area (Å²) in [7, 11) is 0. The predicted octanol–water partition coefficient (Wildman–Crippen LogP) is 3.35. The van der Waals surface area contributed by atoms with E-state index in [1.54, 1.807) is 0 Å². The van der Waals surface area contributed by atoms with Crippen LogP contribution in [0.5, 0.6) is 0 Å². The lowest BCUT2D eigenvalue weighted by Gasteiger charge is -2.38. The summed E-state index contributed by atoms with van der Waals surface area (Å²) >= 11 is 1.98. The zero-order chi connectivity index (χ0) is 12.5. The Morgan fingerprint density at radius 3 is 2.76 bits per heavy atom. The first-order valence-electron chi connectivity index (χ1n) is 5.73. The quantitative estimate of drug-likeness (QED) is 0.835. The summed E-state index contributed by atoms with van der Waals surface area (Å²) in [5, 5.41) is 2.94. The highest BCUT2D eigenvalue weighted by atomic mass is 127. The zero-order valence-electron chi connectivity index (χ0n) is 9.72. The molecule has 1 N–H and O–H groups in total. The van der Waals surface area contributed by atoms with Gasteiger partial charge in [-0.25, -0.2) is 4.39 Å². The Labute approximate surface area is 114 Å². The molecule has 1 aliphatic carbocycles. The minimum atomic E-state index is -0.308. The maximum Gasteiger partial charge on any atom is 0.252 e. The topological polar surface area (TPSA) is 29.1 Å². The van der Waals surface area contributed by atoms with Gasteiger partial charge in [0.25, 0.3) is 5.91 Å². The van der Waals surface area contributed by atoms with Crippen LogP contribution >= 0.6 is 22.6 Å². The van der Waals surface area contributed by atoms with Gasteiger partial charge in [-0.3, -0.25) is 4.79 Å². The fourth-order valence-electron chi connectivity index (χ4n) is 2.02. The summed E-state index contributed by atoms with van der Waals surface area (Å²) in [6, 6.07) is 4.23. The van der Waals surface area contributed by atoms with Crippen LogP contribution in [0.1, 0.15) is 36.5 Å². The molecule has 1 aliphatic rings.